The smallest absolute Gasteiger partial charge is 0.267 e. The monoisotopic (exact) mass is 300 g/mol. The lowest BCUT2D eigenvalue weighted by atomic mass is 9.95. The van der Waals surface area contributed by atoms with Gasteiger partial charge in [-0.3, -0.25) is 8.37 Å². The van der Waals surface area contributed by atoms with E-state index in [2.05, 4.69) is 0 Å². The van der Waals surface area contributed by atoms with Crippen molar-refractivity contribution < 1.29 is 25.2 Å². The highest BCUT2D eigenvalue weighted by Crippen LogP contribution is 2.26. The van der Waals surface area contributed by atoms with E-state index < -0.39 is 32.4 Å². The second-order valence-electron chi connectivity index (χ2n) is 4.30. The van der Waals surface area contributed by atoms with Crippen LogP contribution < -0.4 is 0 Å². The number of hydrogen-bond acceptors (Lipinski definition) is 6. The molecule has 0 aromatic carbocycles. The lowest BCUT2D eigenvalue weighted by Crippen LogP contribution is -2.32. The first-order valence-corrected chi connectivity index (χ1v) is 9.25. The molecule has 2 unspecified atom stereocenters. The van der Waals surface area contributed by atoms with E-state index in [-0.39, 0.29) is 11.5 Å². The van der Waals surface area contributed by atoms with E-state index in [4.69, 9.17) is 8.37 Å². The van der Waals surface area contributed by atoms with E-state index >= 15 is 0 Å². The third-order valence-electron chi connectivity index (χ3n) is 2.85. The molecule has 18 heavy (non-hydrogen) atoms. The Morgan fingerprint density at radius 3 is 1.61 bits per heavy atom. The molecule has 0 aromatic rings. The molecule has 1 aliphatic rings. The molecule has 1 fully saturated rings. The molecule has 0 aliphatic heterocycles. The largest absolute Gasteiger partial charge is 0.267 e. The first-order chi connectivity index (χ1) is 8.28. The molecule has 0 heterocycles. The van der Waals surface area contributed by atoms with Gasteiger partial charge >= 0.3 is 0 Å². The maximum absolute atomic E-state index is 11.3. The lowest BCUT2D eigenvalue weighted by molar-refractivity contribution is 0.0762. The topological polar surface area (TPSA) is 86.7 Å². The Hall–Kier alpha value is -0.180. The van der Waals surface area contributed by atoms with Crippen molar-refractivity contribution in [1.29, 1.82) is 0 Å². The Morgan fingerprint density at radius 1 is 0.889 bits per heavy atom. The fourth-order valence-electron chi connectivity index (χ4n) is 1.83. The third-order valence-corrected chi connectivity index (χ3v) is 5.40. The molecular formula is C10H20O6S2. The van der Waals surface area contributed by atoms with Gasteiger partial charge in [-0.25, -0.2) is 0 Å². The molecule has 0 aromatic heterocycles. The van der Waals surface area contributed by atoms with Crippen LogP contribution in [0.15, 0.2) is 0 Å². The molecule has 0 saturated heterocycles. The van der Waals surface area contributed by atoms with Gasteiger partial charge in [0.25, 0.3) is 20.2 Å². The second-order valence-corrected chi connectivity index (χ2v) is 8.07. The summed E-state index contributed by atoms with van der Waals surface area (Å²) in [5.74, 6) is -0.162. The van der Waals surface area contributed by atoms with Crippen LogP contribution in [0.4, 0.5) is 0 Å². The van der Waals surface area contributed by atoms with E-state index in [9.17, 15) is 16.8 Å². The summed E-state index contributed by atoms with van der Waals surface area (Å²) in [6.07, 6.45) is 1.30. The number of rotatable bonds is 6. The molecule has 6 nitrogen and oxygen atoms in total. The predicted octanol–water partition coefficient (Wildman–Crippen LogP) is 1.03. The van der Waals surface area contributed by atoms with Gasteiger partial charge in [-0.15, -0.1) is 0 Å². The van der Waals surface area contributed by atoms with E-state index in [1.54, 1.807) is 0 Å². The van der Waals surface area contributed by atoms with E-state index in [0.29, 0.717) is 25.7 Å². The molecule has 8 heteroatoms. The molecule has 0 amide bonds. The van der Waals surface area contributed by atoms with Crippen molar-refractivity contribution in [3.63, 3.8) is 0 Å². The minimum Gasteiger partial charge on any atom is -0.267 e. The zero-order chi connectivity index (χ0) is 13.8. The van der Waals surface area contributed by atoms with Gasteiger partial charge in [0.2, 0.25) is 0 Å². The van der Waals surface area contributed by atoms with Crippen molar-refractivity contribution in [2.24, 2.45) is 0 Å². The van der Waals surface area contributed by atoms with Gasteiger partial charge in [0.1, 0.15) is 0 Å². The van der Waals surface area contributed by atoms with Crippen LogP contribution in [-0.4, -0.2) is 40.5 Å². The van der Waals surface area contributed by atoms with Crippen molar-refractivity contribution in [3.8, 4) is 0 Å². The van der Waals surface area contributed by atoms with E-state index in [1.165, 1.54) is 13.8 Å². The summed E-state index contributed by atoms with van der Waals surface area (Å²) in [4.78, 5) is 0. The fraction of sp³-hybridized carbons (Fsp3) is 1.00. The zero-order valence-corrected chi connectivity index (χ0v) is 12.3. The molecule has 0 N–H and O–H groups in total. The minimum atomic E-state index is -3.50. The summed E-state index contributed by atoms with van der Waals surface area (Å²) < 4.78 is 55.3. The van der Waals surface area contributed by atoms with Gasteiger partial charge in [-0.05, 0) is 33.1 Å². The van der Waals surface area contributed by atoms with Gasteiger partial charge < -0.3 is 0 Å². The minimum absolute atomic E-state index is 0.0811. The Morgan fingerprint density at radius 2 is 1.28 bits per heavy atom. The van der Waals surface area contributed by atoms with Crippen molar-refractivity contribution in [3.05, 3.63) is 0 Å². The summed E-state index contributed by atoms with van der Waals surface area (Å²) in [5.41, 5.74) is 0. The Kier molecular flexibility index (Phi) is 5.57. The summed E-state index contributed by atoms with van der Waals surface area (Å²) in [5, 5.41) is 0. The average molecular weight is 300 g/mol. The van der Waals surface area contributed by atoms with Gasteiger partial charge in [0, 0.05) is 6.42 Å². The summed E-state index contributed by atoms with van der Waals surface area (Å²) in [6, 6.07) is 0. The molecular weight excluding hydrogens is 280 g/mol. The highest BCUT2D eigenvalue weighted by Gasteiger charge is 2.29. The van der Waals surface area contributed by atoms with Gasteiger partial charge in [0.05, 0.1) is 23.7 Å². The van der Waals surface area contributed by atoms with Crippen molar-refractivity contribution in [2.75, 3.05) is 11.5 Å². The van der Waals surface area contributed by atoms with E-state index in [0.717, 1.165) is 0 Å². The van der Waals surface area contributed by atoms with Gasteiger partial charge in [-0.2, -0.15) is 16.8 Å². The van der Waals surface area contributed by atoms with Crippen LogP contribution in [0.5, 0.6) is 0 Å². The number of hydrogen-bond donors (Lipinski definition) is 0. The van der Waals surface area contributed by atoms with Crippen molar-refractivity contribution in [1.82, 2.24) is 0 Å². The first-order valence-electron chi connectivity index (χ1n) is 6.10. The van der Waals surface area contributed by atoms with Crippen LogP contribution in [0.25, 0.3) is 0 Å². The maximum atomic E-state index is 11.3. The fourth-order valence-corrected chi connectivity index (χ4v) is 3.28. The third kappa shape index (κ3) is 5.21. The van der Waals surface area contributed by atoms with Crippen molar-refractivity contribution >= 4 is 20.2 Å². The molecule has 1 saturated carbocycles. The second kappa shape index (κ2) is 6.31. The lowest BCUT2D eigenvalue weighted by Gasteiger charge is -2.27. The van der Waals surface area contributed by atoms with Crippen LogP contribution in [0.2, 0.25) is 0 Å². The zero-order valence-electron chi connectivity index (χ0n) is 10.7. The van der Waals surface area contributed by atoms with Crippen LogP contribution in [-0.2, 0) is 28.6 Å². The quantitative estimate of drug-likeness (QED) is 0.681. The molecule has 1 rings (SSSR count). The normalized spacial score (nSPS) is 26.1. The van der Waals surface area contributed by atoms with Crippen LogP contribution in [0.1, 0.15) is 39.5 Å². The van der Waals surface area contributed by atoms with Crippen LogP contribution in [0.3, 0.4) is 0 Å². The van der Waals surface area contributed by atoms with Crippen molar-refractivity contribution in [2.45, 2.75) is 51.7 Å². The molecule has 108 valence electrons. The highest BCUT2D eigenvalue weighted by atomic mass is 32.2. The predicted molar refractivity (Wildman–Crippen MR) is 67.1 cm³/mol. The Balaban J connectivity index is 2.57. The molecule has 1 aliphatic carbocycles. The van der Waals surface area contributed by atoms with E-state index in [1.807, 2.05) is 0 Å². The molecule has 0 spiro atoms. The Bertz CT molecular complexity index is 411. The average Bonchev–Trinajstić information content (AvgIpc) is 2.28. The SMILES string of the molecule is CCS(=O)(=O)OC1CCCC(OS(=O)(=O)CC)C1. The maximum Gasteiger partial charge on any atom is 0.267 e. The molecule has 0 radical (unpaired) electrons. The van der Waals surface area contributed by atoms with Gasteiger partial charge in [0.15, 0.2) is 0 Å². The van der Waals surface area contributed by atoms with Crippen LogP contribution >= 0.6 is 0 Å². The Labute approximate surface area is 109 Å². The molecule has 2 atom stereocenters. The molecule has 0 bridgehead atoms. The first kappa shape index (κ1) is 15.9. The van der Waals surface area contributed by atoms with Gasteiger partial charge in [-0.1, -0.05) is 0 Å². The summed E-state index contributed by atoms with van der Waals surface area (Å²) in [6.45, 7) is 3.02. The van der Waals surface area contributed by atoms with Crippen LogP contribution in [0, 0.1) is 0 Å². The summed E-state index contributed by atoms with van der Waals surface area (Å²) >= 11 is 0. The highest BCUT2D eigenvalue weighted by molar-refractivity contribution is 7.86. The standard InChI is InChI=1S/C10H20O6S2/c1-3-17(11,12)15-9-6-5-7-10(8-9)16-18(13,14)4-2/h9-10H,3-8H2,1-2H3. The summed E-state index contributed by atoms with van der Waals surface area (Å²) in [7, 11) is -6.99.